The fraction of sp³-hybridized carbons (Fsp3) is 0.278. The fourth-order valence-electron chi connectivity index (χ4n) is 2.98. The molecule has 2 heterocycles. The predicted molar refractivity (Wildman–Crippen MR) is 91.8 cm³/mol. The topological polar surface area (TPSA) is 79.7 Å². The molecule has 0 aliphatic carbocycles. The van der Waals surface area contributed by atoms with E-state index in [0.29, 0.717) is 23.7 Å². The van der Waals surface area contributed by atoms with E-state index >= 15 is 0 Å². The third-order valence-electron chi connectivity index (χ3n) is 4.22. The summed E-state index contributed by atoms with van der Waals surface area (Å²) in [5, 5.41) is 9.66. The molecule has 7 heteroatoms. The molecule has 1 aromatic carbocycles. The van der Waals surface area contributed by atoms with E-state index in [9.17, 15) is 9.59 Å². The van der Waals surface area contributed by atoms with Gasteiger partial charge in [0.05, 0.1) is 12.6 Å². The van der Waals surface area contributed by atoms with Crippen LogP contribution >= 0.6 is 11.6 Å². The van der Waals surface area contributed by atoms with Crippen molar-refractivity contribution in [2.45, 2.75) is 19.1 Å². The maximum atomic E-state index is 12.9. The van der Waals surface area contributed by atoms with Crippen molar-refractivity contribution in [3.63, 3.8) is 0 Å². The third kappa shape index (κ3) is 3.65. The summed E-state index contributed by atoms with van der Waals surface area (Å²) in [4.78, 5) is 29.4. The zero-order valence-electron chi connectivity index (χ0n) is 13.6. The Kier molecular flexibility index (Phi) is 5.01. The number of aromatic nitrogens is 1. The number of hydrogen-bond acceptors (Lipinski definition) is 4. The molecule has 0 radical (unpaired) electrons. The van der Waals surface area contributed by atoms with Crippen LogP contribution in [0.15, 0.2) is 42.6 Å². The Labute approximate surface area is 150 Å². The van der Waals surface area contributed by atoms with Crippen LogP contribution in [0.1, 0.15) is 39.4 Å². The first-order valence-electron chi connectivity index (χ1n) is 7.85. The van der Waals surface area contributed by atoms with Crippen molar-refractivity contribution in [1.29, 1.82) is 0 Å². The lowest BCUT2D eigenvalue weighted by Crippen LogP contribution is -2.48. The van der Waals surface area contributed by atoms with Crippen LogP contribution in [0.2, 0.25) is 5.02 Å². The van der Waals surface area contributed by atoms with E-state index in [-0.39, 0.29) is 23.7 Å². The van der Waals surface area contributed by atoms with Crippen molar-refractivity contribution in [1.82, 2.24) is 9.88 Å². The van der Waals surface area contributed by atoms with E-state index in [1.165, 1.54) is 18.3 Å². The molecule has 1 aromatic heterocycles. The van der Waals surface area contributed by atoms with E-state index < -0.39 is 5.97 Å². The lowest BCUT2D eigenvalue weighted by molar-refractivity contribution is -0.0551. The molecule has 1 N–H and O–H groups in total. The summed E-state index contributed by atoms with van der Waals surface area (Å²) >= 11 is 6.06. The predicted octanol–water partition coefficient (Wildman–Crippen LogP) is 3.04. The molecule has 0 unspecified atom stereocenters. The number of morpholine rings is 1. The second kappa shape index (κ2) is 7.21. The van der Waals surface area contributed by atoms with Gasteiger partial charge in [0.2, 0.25) is 0 Å². The number of benzene rings is 1. The van der Waals surface area contributed by atoms with Crippen LogP contribution < -0.4 is 0 Å². The fourth-order valence-corrected chi connectivity index (χ4v) is 3.17. The van der Waals surface area contributed by atoms with Crippen molar-refractivity contribution < 1.29 is 19.4 Å². The molecule has 130 valence electrons. The van der Waals surface area contributed by atoms with Crippen molar-refractivity contribution in [2.75, 3.05) is 13.2 Å². The summed E-state index contributed by atoms with van der Waals surface area (Å²) in [5.41, 5.74) is 1.04. The normalized spacial score (nSPS) is 20.3. The van der Waals surface area contributed by atoms with E-state index in [4.69, 9.17) is 21.4 Å². The summed E-state index contributed by atoms with van der Waals surface area (Å²) < 4.78 is 5.85. The highest BCUT2D eigenvalue weighted by Crippen LogP contribution is 2.30. The maximum absolute atomic E-state index is 12.9. The minimum atomic E-state index is -1.17. The number of pyridine rings is 1. The molecule has 25 heavy (non-hydrogen) atoms. The minimum Gasteiger partial charge on any atom is -0.477 e. The van der Waals surface area contributed by atoms with Gasteiger partial charge in [0.15, 0.2) is 0 Å². The first kappa shape index (κ1) is 17.4. The van der Waals surface area contributed by atoms with Crippen LogP contribution in [0.3, 0.4) is 0 Å². The summed E-state index contributed by atoms with van der Waals surface area (Å²) in [6.45, 7) is 2.73. The highest BCUT2D eigenvalue weighted by molar-refractivity contribution is 6.30. The molecule has 1 aliphatic rings. The van der Waals surface area contributed by atoms with Crippen LogP contribution in [-0.2, 0) is 4.74 Å². The summed E-state index contributed by atoms with van der Waals surface area (Å²) in [6, 6.07) is 9.96. The monoisotopic (exact) mass is 360 g/mol. The van der Waals surface area contributed by atoms with Gasteiger partial charge in [-0.2, -0.15) is 0 Å². The van der Waals surface area contributed by atoms with Crippen molar-refractivity contribution in [3.8, 4) is 0 Å². The number of carboxylic acid groups (broad SMARTS) is 1. The quantitative estimate of drug-likeness (QED) is 0.910. The van der Waals surface area contributed by atoms with Gasteiger partial charge >= 0.3 is 5.97 Å². The lowest BCUT2D eigenvalue weighted by Gasteiger charge is -2.39. The number of hydrogen-bond donors (Lipinski definition) is 1. The molecule has 1 aliphatic heterocycles. The van der Waals surface area contributed by atoms with Gasteiger partial charge in [-0.1, -0.05) is 23.7 Å². The SMILES string of the molecule is C[C@@H]1[C@@H](c2cccc(Cl)c2)OCCN1C(=O)c1ccnc(C(=O)O)c1. The van der Waals surface area contributed by atoms with Crippen molar-refractivity contribution in [2.24, 2.45) is 0 Å². The van der Waals surface area contributed by atoms with Gasteiger partial charge in [0.25, 0.3) is 5.91 Å². The van der Waals surface area contributed by atoms with Crippen molar-refractivity contribution in [3.05, 3.63) is 64.4 Å². The summed E-state index contributed by atoms with van der Waals surface area (Å²) in [6.07, 6.45) is 1.04. The van der Waals surface area contributed by atoms with Crippen molar-refractivity contribution >= 4 is 23.5 Å². The lowest BCUT2D eigenvalue weighted by atomic mass is 9.99. The smallest absolute Gasteiger partial charge is 0.354 e. The number of carboxylic acids is 1. The summed E-state index contributed by atoms with van der Waals surface area (Å²) in [5.74, 6) is -1.41. The Balaban J connectivity index is 1.85. The standard InChI is InChI=1S/C18H17ClN2O4/c1-11-16(12-3-2-4-14(19)9-12)25-8-7-21(11)17(22)13-5-6-20-15(10-13)18(23)24/h2-6,9-11,16H,7-8H2,1H3,(H,23,24)/t11-,16+/m1/s1. The largest absolute Gasteiger partial charge is 0.477 e. The molecule has 3 rings (SSSR count). The number of aromatic carboxylic acids is 1. The van der Waals surface area contributed by atoms with E-state index in [0.717, 1.165) is 5.56 Å². The Morgan fingerprint density at radius 3 is 2.84 bits per heavy atom. The molecule has 0 bridgehead atoms. The Morgan fingerprint density at radius 1 is 1.32 bits per heavy atom. The number of amides is 1. The maximum Gasteiger partial charge on any atom is 0.354 e. The zero-order chi connectivity index (χ0) is 18.0. The zero-order valence-corrected chi connectivity index (χ0v) is 14.3. The molecular weight excluding hydrogens is 344 g/mol. The van der Waals surface area contributed by atoms with Gasteiger partial charge in [-0.3, -0.25) is 4.79 Å². The van der Waals surface area contributed by atoms with E-state index in [1.54, 1.807) is 11.0 Å². The van der Waals surface area contributed by atoms with Crippen LogP contribution in [0.4, 0.5) is 0 Å². The van der Waals surface area contributed by atoms with Crippen LogP contribution in [-0.4, -0.2) is 46.1 Å². The molecular formula is C18H17ClN2O4. The van der Waals surface area contributed by atoms with Crippen LogP contribution in [0, 0.1) is 0 Å². The minimum absolute atomic E-state index is 0.154. The third-order valence-corrected chi connectivity index (χ3v) is 4.46. The molecule has 6 nitrogen and oxygen atoms in total. The van der Waals surface area contributed by atoms with E-state index in [2.05, 4.69) is 4.98 Å². The van der Waals surface area contributed by atoms with Gasteiger partial charge in [-0.05, 0) is 36.8 Å². The molecule has 2 aromatic rings. The summed E-state index contributed by atoms with van der Waals surface area (Å²) in [7, 11) is 0. The second-order valence-corrected chi connectivity index (χ2v) is 6.26. The van der Waals surface area contributed by atoms with Crippen LogP contribution in [0.25, 0.3) is 0 Å². The molecule has 1 fully saturated rings. The van der Waals surface area contributed by atoms with Gasteiger partial charge in [-0.25, -0.2) is 9.78 Å². The van der Waals surface area contributed by atoms with Gasteiger partial charge in [0.1, 0.15) is 11.8 Å². The molecule has 0 spiro atoms. The molecule has 1 amide bonds. The molecule has 0 saturated carbocycles. The Bertz CT molecular complexity index is 811. The average Bonchev–Trinajstić information content (AvgIpc) is 2.61. The number of rotatable bonds is 3. The van der Waals surface area contributed by atoms with Gasteiger partial charge in [0, 0.05) is 23.3 Å². The van der Waals surface area contributed by atoms with E-state index in [1.807, 2.05) is 25.1 Å². The Hall–Kier alpha value is -2.44. The second-order valence-electron chi connectivity index (χ2n) is 5.82. The number of carbonyl (C=O) groups excluding carboxylic acids is 1. The van der Waals surface area contributed by atoms with Crippen LogP contribution in [0.5, 0.6) is 0 Å². The molecule has 1 saturated heterocycles. The average molecular weight is 361 g/mol. The Morgan fingerprint density at radius 2 is 2.12 bits per heavy atom. The number of carbonyl (C=O) groups is 2. The first-order valence-corrected chi connectivity index (χ1v) is 8.22. The highest BCUT2D eigenvalue weighted by atomic mass is 35.5. The first-order chi connectivity index (χ1) is 12.0. The van der Waals surface area contributed by atoms with Gasteiger partial charge < -0.3 is 14.7 Å². The number of nitrogens with zero attached hydrogens (tertiary/aromatic N) is 2. The van der Waals surface area contributed by atoms with Gasteiger partial charge in [-0.15, -0.1) is 0 Å². The highest BCUT2D eigenvalue weighted by Gasteiger charge is 2.33. The number of halogens is 1. The number of ether oxygens (including phenoxy) is 1. The molecule has 2 atom stereocenters.